The minimum Gasteiger partial charge on any atom is -0.379 e. The highest BCUT2D eigenvalue weighted by Gasteiger charge is 2.09. The van der Waals surface area contributed by atoms with Crippen LogP contribution in [-0.2, 0) is 14.2 Å². The maximum atomic E-state index is 5.93. The third kappa shape index (κ3) is 38.2. The molecule has 0 aromatic carbocycles. The van der Waals surface area contributed by atoms with Gasteiger partial charge in [0.15, 0.2) is 0 Å². The van der Waals surface area contributed by atoms with Crippen LogP contribution in [0.3, 0.4) is 0 Å². The van der Waals surface area contributed by atoms with Crippen molar-refractivity contribution in [2.75, 3.05) is 39.6 Å². The Morgan fingerprint density at radius 2 is 0.643 bits per heavy atom. The van der Waals surface area contributed by atoms with Crippen molar-refractivity contribution in [2.24, 2.45) is 5.73 Å². The summed E-state index contributed by atoms with van der Waals surface area (Å²) in [5.41, 5.74) is 5.65. The fourth-order valence-corrected chi connectivity index (χ4v) is 5.61. The van der Waals surface area contributed by atoms with Gasteiger partial charge in [-0.15, -0.1) is 12.4 Å². The van der Waals surface area contributed by atoms with E-state index < -0.39 is 0 Å². The first-order chi connectivity index (χ1) is 20.3. The number of ether oxygens (including phenoxy) is 3. The van der Waals surface area contributed by atoms with E-state index in [1.54, 1.807) is 0 Å². The van der Waals surface area contributed by atoms with Gasteiger partial charge in [0, 0.05) is 19.8 Å². The molecule has 0 spiro atoms. The summed E-state index contributed by atoms with van der Waals surface area (Å²) < 4.78 is 17.7. The van der Waals surface area contributed by atoms with E-state index in [2.05, 4.69) is 13.8 Å². The lowest BCUT2D eigenvalue weighted by molar-refractivity contribution is -0.0585. The highest BCUT2D eigenvalue weighted by atomic mass is 35.5. The van der Waals surface area contributed by atoms with Crippen LogP contribution in [0.5, 0.6) is 0 Å². The summed E-state index contributed by atoms with van der Waals surface area (Å²) in [7, 11) is 0. The first-order valence-electron chi connectivity index (χ1n) is 18.8. The van der Waals surface area contributed by atoms with Crippen LogP contribution in [0, 0.1) is 0 Å². The monoisotopic (exact) mass is 620 g/mol. The van der Waals surface area contributed by atoms with Crippen molar-refractivity contribution >= 4 is 12.4 Å². The van der Waals surface area contributed by atoms with E-state index in [4.69, 9.17) is 19.9 Å². The van der Waals surface area contributed by atoms with Gasteiger partial charge in [0.25, 0.3) is 0 Å². The Hall–Kier alpha value is 0.130. The number of rotatable bonds is 37. The third-order valence-corrected chi connectivity index (χ3v) is 8.36. The highest BCUT2D eigenvalue weighted by molar-refractivity contribution is 5.85. The molecule has 4 nitrogen and oxygen atoms in total. The predicted octanol–water partition coefficient (Wildman–Crippen LogP) is 11.7. The molecule has 0 amide bonds. The average Bonchev–Trinajstić information content (AvgIpc) is 2.98. The molecule has 0 unspecified atom stereocenters. The van der Waals surface area contributed by atoms with Crippen LogP contribution in [0.4, 0.5) is 0 Å². The molecule has 42 heavy (non-hydrogen) atoms. The zero-order valence-corrected chi connectivity index (χ0v) is 29.6. The Labute approximate surface area is 271 Å². The van der Waals surface area contributed by atoms with Crippen molar-refractivity contribution in [3.8, 4) is 0 Å². The van der Waals surface area contributed by atoms with Gasteiger partial charge in [-0.05, 0) is 12.8 Å². The summed E-state index contributed by atoms with van der Waals surface area (Å²) in [6, 6.07) is 0. The maximum absolute atomic E-state index is 5.93. The molecule has 0 aromatic heterocycles. The minimum absolute atomic E-state index is 0. The normalized spacial score (nSPS) is 11.4. The lowest BCUT2D eigenvalue weighted by atomic mass is 10.0. The van der Waals surface area contributed by atoms with Crippen molar-refractivity contribution in [1.29, 1.82) is 0 Å². The van der Waals surface area contributed by atoms with Crippen LogP contribution in [0.25, 0.3) is 0 Å². The summed E-state index contributed by atoms with van der Waals surface area (Å²) in [6.45, 7) is 8.62. The zero-order valence-electron chi connectivity index (χ0n) is 28.8. The van der Waals surface area contributed by atoms with Crippen LogP contribution in [0.2, 0.25) is 0 Å². The van der Waals surface area contributed by atoms with E-state index >= 15 is 0 Å². The van der Waals surface area contributed by atoms with Gasteiger partial charge in [0.1, 0.15) is 6.10 Å². The van der Waals surface area contributed by atoms with Gasteiger partial charge < -0.3 is 19.9 Å². The molecule has 0 radical (unpaired) electrons. The molecule has 0 aliphatic carbocycles. The van der Waals surface area contributed by atoms with E-state index in [-0.39, 0.29) is 18.5 Å². The molecule has 0 atom stereocenters. The molecule has 0 fully saturated rings. The van der Waals surface area contributed by atoms with Crippen LogP contribution < -0.4 is 5.73 Å². The van der Waals surface area contributed by atoms with Crippen molar-refractivity contribution in [3.63, 3.8) is 0 Å². The molecule has 0 rings (SSSR count). The van der Waals surface area contributed by atoms with Gasteiger partial charge in [-0.1, -0.05) is 181 Å². The Morgan fingerprint density at radius 3 is 0.905 bits per heavy atom. The summed E-state index contributed by atoms with van der Waals surface area (Å²) in [4.78, 5) is 0. The second kappa shape index (κ2) is 41.1. The summed E-state index contributed by atoms with van der Waals surface area (Å²) in [5.74, 6) is 0. The van der Waals surface area contributed by atoms with Gasteiger partial charge in [-0.3, -0.25) is 0 Å². The Kier molecular flexibility index (Phi) is 43.3. The Bertz CT molecular complexity index is 419. The van der Waals surface area contributed by atoms with Gasteiger partial charge >= 0.3 is 0 Å². The lowest BCUT2D eigenvalue weighted by Crippen LogP contribution is -2.28. The summed E-state index contributed by atoms with van der Waals surface area (Å²) in [6.07, 6.45) is 38.8. The molecule has 0 bridgehead atoms. The van der Waals surface area contributed by atoms with Crippen LogP contribution >= 0.6 is 12.4 Å². The van der Waals surface area contributed by atoms with E-state index in [1.807, 2.05) is 0 Å². The van der Waals surface area contributed by atoms with Gasteiger partial charge in [-0.25, -0.2) is 0 Å². The molecule has 0 saturated carbocycles. The number of hydrogen-bond acceptors (Lipinski definition) is 4. The number of nitrogens with two attached hydrogens (primary N) is 1. The van der Waals surface area contributed by atoms with E-state index in [1.165, 1.54) is 167 Å². The van der Waals surface area contributed by atoms with Crippen molar-refractivity contribution in [2.45, 2.75) is 200 Å². The summed E-state index contributed by atoms with van der Waals surface area (Å²) in [5, 5.41) is 0. The second-order valence-corrected chi connectivity index (χ2v) is 12.6. The molecule has 0 aliphatic rings. The average molecular weight is 620 g/mol. The molecular weight excluding hydrogens is 542 g/mol. The van der Waals surface area contributed by atoms with Gasteiger partial charge in [0.2, 0.25) is 0 Å². The topological polar surface area (TPSA) is 53.7 Å². The molecule has 0 heterocycles. The summed E-state index contributed by atoms with van der Waals surface area (Å²) >= 11 is 0. The maximum Gasteiger partial charge on any atom is 0.104 e. The molecule has 5 heteroatoms. The molecule has 0 saturated heterocycles. The fraction of sp³-hybridized carbons (Fsp3) is 1.00. The van der Waals surface area contributed by atoms with E-state index in [0.29, 0.717) is 26.4 Å². The third-order valence-electron chi connectivity index (χ3n) is 8.36. The standard InChI is InChI=1S/C37H77NO3.ClH/c1-3-5-7-9-11-13-15-17-19-21-23-25-27-29-32-39-35-37(41-34-31-38)36-40-33-30-28-26-24-22-20-18-16-14-12-10-8-6-4-2;/h37H,3-36,38H2,1-2H3;1H. The first-order valence-corrected chi connectivity index (χ1v) is 18.8. The van der Waals surface area contributed by atoms with Gasteiger partial charge in [-0.2, -0.15) is 0 Å². The quantitative estimate of drug-likeness (QED) is 0.0702. The smallest absolute Gasteiger partial charge is 0.104 e. The van der Waals surface area contributed by atoms with Crippen molar-refractivity contribution in [3.05, 3.63) is 0 Å². The molecular formula is C37H78ClNO3. The lowest BCUT2D eigenvalue weighted by Gasteiger charge is -2.18. The van der Waals surface area contributed by atoms with E-state index in [0.717, 1.165) is 26.1 Å². The van der Waals surface area contributed by atoms with Crippen LogP contribution in [0.15, 0.2) is 0 Å². The van der Waals surface area contributed by atoms with E-state index in [9.17, 15) is 0 Å². The second-order valence-electron chi connectivity index (χ2n) is 12.6. The largest absolute Gasteiger partial charge is 0.379 e. The predicted molar refractivity (Wildman–Crippen MR) is 188 cm³/mol. The SMILES string of the molecule is CCCCCCCCCCCCCCCCOCC(COCCCCCCCCCCCCCCCC)OCCN.Cl. The minimum atomic E-state index is 0. The highest BCUT2D eigenvalue weighted by Crippen LogP contribution is 2.14. The Balaban J connectivity index is 0. The first kappa shape index (κ1) is 44.3. The fourth-order valence-electron chi connectivity index (χ4n) is 5.61. The number of unbranched alkanes of at least 4 members (excludes halogenated alkanes) is 26. The zero-order chi connectivity index (χ0) is 29.7. The number of halogens is 1. The molecule has 0 aromatic rings. The molecule has 0 aliphatic heterocycles. The van der Waals surface area contributed by atoms with Crippen molar-refractivity contribution in [1.82, 2.24) is 0 Å². The number of hydrogen-bond donors (Lipinski definition) is 1. The molecule has 256 valence electrons. The van der Waals surface area contributed by atoms with Crippen molar-refractivity contribution < 1.29 is 14.2 Å². The van der Waals surface area contributed by atoms with Crippen LogP contribution in [-0.4, -0.2) is 45.7 Å². The van der Waals surface area contributed by atoms with Gasteiger partial charge in [0.05, 0.1) is 19.8 Å². The Morgan fingerprint density at radius 1 is 0.381 bits per heavy atom. The van der Waals surface area contributed by atoms with Crippen LogP contribution in [0.1, 0.15) is 194 Å². The molecule has 2 N–H and O–H groups in total.